The first-order valence-electron chi connectivity index (χ1n) is 8.18. The summed E-state index contributed by atoms with van der Waals surface area (Å²) in [5.41, 5.74) is 0.0985. The normalized spacial score (nSPS) is 24.2. The Bertz CT molecular complexity index is 570. The van der Waals surface area contributed by atoms with Gasteiger partial charge in [-0.05, 0) is 40.0 Å². The molecule has 0 aromatic heterocycles. The Morgan fingerprint density at radius 2 is 1.88 bits per heavy atom. The molecular formula is C18H25NO4S. The summed E-state index contributed by atoms with van der Waals surface area (Å²) in [7, 11) is 0. The van der Waals surface area contributed by atoms with Crippen LogP contribution < -0.4 is 5.32 Å². The van der Waals surface area contributed by atoms with Gasteiger partial charge in [0.05, 0.1) is 6.10 Å². The minimum atomic E-state index is -0.628. The summed E-state index contributed by atoms with van der Waals surface area (Å²) in [5, 5.41) is 12.9. The maximum atomic E-state index is 12.2. The number of aliphatic hydroxyl groups excluding tert-OH is 1. The highest BCUT2D eigenvalue weighted by atomic mass is 32.2. The molecule has 2 N–H and O–H groups in total. The van der Waals surface area contributed by atoms with E-state index in [4.69, 9.17) is 4.74 Å². The highest BCUT2D eigenvalue weighted by Gasteiger charge is 2.32. The van der Waals surface area contributed by atoms with E-state index in [0.29, 0.717) is 18.4 Å². The van der Waals surface area contributed by atoms with Crippen LogP contribution in [0.3, 0.4) is 0 Å². The second-order valence-corrected chi connectivity index (χ2v) is 8.25. The van der Waals surface area contributed by atoms with Crippen molar-refractivity contribution in [2.24, 2.45) is 0 Å². The number of carbonyl (C=O) groups is 2. The van der Waals surface area contributed by atoms with Crippen molar-refractivity contribution < 1.29 is 19.4 Å². The summed E-state index contributed by atoms with van der Waals surface area (Å²) in [5.74, 6) is 0. The molecule has 3 atom stereocenters. The molecule has 1 aromatic carbocycles. The Hall–Kier alpha value is -1.53. The lowest BCUT2D eigenvalue weighted by Gasteiger charge is -2.33. The average molecular weight is 351 g/mol. The standard InChI is InChI=1S/C18H25NO4S/c1-18(2,3)23-17(22)19-13-9-10-15(14(20)11-13)24-16(21)12-7-5-4-6-8-12/h4-8,13-15,20H,9-11H2,1-3H3,(H,19,22)/t13?,14?,15-/m0/s1. The second-order valence-electron chi connectivity index (χ2n) is 7.03. The fourth-order valence-electron chi connectivity index (χ4n) is 2.64. The van der Waals surface area contributed by atoms with Gasteiger partial charge >= 0.3 is 6.09 Å². The van der Waals surface area contributed by atoms with Gasteiger partial charge in [-0.25, -0.2) is 4.79 Å². The largest absolute Gasteiger partial charge is 0.444 e. The first-order valence-corrected chi connectivity index (χ1v) is 9.06. The van der Waals surface area contributed by atoms with E-state index in [1.165, 1.54) is 11.8 Å². The third-order valence-electron chi connectivity index (χ3n) is 3.74. The molecule has 1 saturated carbocycles. The first-order chi connectivity index (χ1) is 11.2. The number of thioether (sulfide) groups is 1. The molecule has 0 saturated heterocycles. The smallest absolute Gasteiger partial charge is 0.407 e. The molecule has 0 aliphatic heterocycles. The average Bonchev–Trinajstić information content (AvgIpc) is 2.49. The summed E-state index contributed by atoms with van der Waals surface area (Å²) in [6.45, 7) is 5.43. The lowest BCUT2D eigenvalue weighted by atomic mass is 9.92. The molecule has 1 fully saturated rings. The van der Waals surface area contributed by atoms with Gasteiger partial charge < -0.3 is 15.2 Å². The molecule has 1 aromatic rings. The molecule has 2 rings (SSSR count). The van der Waals surface area contributed by atoms with Crippen molar-refractivity contribution in [2.45, 2.75) is 63.0 Å². The van der Waals surface area contributed by atoms with Gasteiger partial charge in [0.25, 0.3) is 0 Å². The van der Waals surface area contributed by atoms with Gasteiger partial charge in [-0.2, -0.15) is 0 Å². The SMILES string of the molecule is CC(C)(C)OC(=O)NC1CC[C@H](SC(=O)c2ccccc2)C(O)C1. The molecule has 5 nitrogen and oxygen atoms in total. The van der Waals surface area contributed by atoms with Gasteiger partial charge in [-0.3, -0.25) is 4.79 Å². The first kappa shape index (κ1) is 18.8. The maximum absolute atomic E-state index is 12.2. The Morgan fingerprint density at radius 3 is 2.46 bits per heavy atom. The molecule has 24 heavy (non-hydrogen) atoms. The van der Waals surface area contributed by atoms with E-state index in [-0.39, 0.29) is 16.4 Å². The summed E-state index contributed by atoms with van der Waals surface area (Å²) in [6, 6.07) is 8.94. The molecule has 1 amide bonds. The van der Waals surface area contributed by atoms with Crippen molar-refractivity contribution in [1.29, 1.82) is 0 Å². The fourth-order valence-corrected chi connectivity index (χ4v) is 3.71. The van der Waals surface area contributed by atoms with E-state index in [9.17, 15) is 14.7 Å². The van der Waals surface area contributed by atoms with E-state index in [0.717, 1.165) is 6.42 Å². The zero-order valence-corrected chi connectivity index (χ0v) is 15.1. The van der Waals surface area contributed by atoms with Crippen molar-refractivity contribution in [3.8, 4) is 0 Å². The molecule has 0 heterocycles. The van der Waals surface area contributed by atoms with Gasteiger partial charge in [-0.15, -0.1) is 0 Å². The topological polar surface area (TPSA) is 75.6 Å². The molecule has 0 bridgehead atoms. The number of hydrogen-bond acceptors (Lipinski definition) is 5. The highest BCUT2D eigenvalue weighted by Crippen LogP contribution is 2.31. The Balaban J connectivity index is 1.82. The molecule has 1 aliphatic rings. The zero-order chi connectivity index (χ0) is 17.7. The van der Waals surface area contributed by atoms with Crippen LogP contribution in [0.1, 0.15) is 50.4 Å². The van der Waals surface area contributed by atoms with Crippen LogP contribution >= 0.6 is 11.8 Å². The van der Waals surface area contributed by atoms with Crippen LogP contribution in [0.5, 0.6) is 0 Å². The lowest BCUT2D eigenvalue weighted by Crippen LogP contribution is -2.45. The Labute approximate surface area is 147 Å². The number of ether oxygens (including phenoxy) is 1. The predicted octanol–water partition coefficient (Wildman–Crippen LogP) is 3.37. The molecule has 0 radical (unpaired) electrons. The molecule has 132 valence electrons. The van der Waals surface area contributed by atoms with Crippen molar-refractivity contribution in [3.05, 3.63) is 35.9 Å². The van der Waals surface area contributed by atoms with Crippen molar-refractivity contribution in [3.63, 3.8) is 0 Å². The molecule has 1 aliphatic carbocycles. The minimum absolute atomic E-state index is 0.0294. The van der Waals surface area contributed by atoms with Gasteiger partial charge in [0.1, 0.15) is 5.60 Å². The van der Waals surface area contributed by atoms with Crippen LogP contribution in [0.15, 0.2) is 30.3 Å². The monoisotopic (exact) mass is 351 g/mol. The third kappa shape index (κ3) is 5.83. The van der Waals surface area contributed by atoms with Gasteiger partial charge in [0, 0.05) is 16.9 Å². The van der Waals surface area contributed by atoms with Crippen LogP contribution in [0.2, 0.25) is 0 Å². The predicted molar refractivity (Wildman–Crippen MR) is 95.2 cm³/mol. The zero-order valence-electron chi connectivity index (χ0n) is 14.3. The fraction of sp³-hybridized carbons (Fsp3) is 0.556. The quantitative estimate of drug-likeness (QED) is 0.873. The number of amides is 1. The number of rotatable bonds is 3. The van der Waals surface area contributed by atoms with Crippen LogP contribution in [0.4, 0.5) is 4.79 Å². The van der Waals surface area contributed by atoms with E-state index in [1.807, 2.05) is 39.0 Å². The van der Waals surface area contributed by atoms with E-state index in [1.54, 1.807) is 12.1 Å². The van der Waals surface area contributed by atoms with E-state index >= 15 is 0 Å². The minimum Gasteiger partial charge on any atom is -0.444 e. The van der Waals surface area contributed by atoms with Crippen LogP contribution in [0, 0.1) is 0 Å². The van der Waals surface area contributed by atoms with Crippen LogP contribution in [0.25, 0.3) is 0 Å². The molecular weight excluding hydrogens is 326 g/mol. The number of hydrogen-bond donors (Lipinski definition) is 2. The van der Waals surface area contributed by atoms with Crippen LogP contribution in [-0.2, 0) is 4.74 Å². The summed E-state index contributed by atoms with van der Waals surface area (Å²) >= 11 is 1.18. The number of nitrogens with one attached hydrogen (secondary N) is 1. The Morgan fingerprint density at radius 1 is 1.21 bits per heavy atom. The number of carbonyl (C=O) groups excluding carboxylic acids is 2. The summed E-state index contributed by atoms with van der Waals surface area (Å²) < 4.78 is 5.23. The second kappa shape index (κ2) is 8.03. The summed E-state index contributed by atoms with van der Waals surface area (Å²) in [4.78, 5) is 24.0. The van der Waals surface area contributed by atoms with E-state index < -0.39 is 17.8 Å². The van der Waals surface area contributed by atoms with Crippen molar-refractivity contribution >= 4 is 23.0 Å². The molecule has 2 unspecified atom stereocenters. The summed E-state index contributed by atoms with van der Waals surface area (Å²) in [6.07, 6.45) is 0.724. The van der Waals surface area contributed by atoms with E-state index in [2.05, 4.69) is 5.32 Å². The molecule has 0 spiro atoms. The lowest BCUT2D eigenvalue weighted by molar-refractivity contribution is 0.0455. The van der Waals surface area contributed by atoms with Crippen molar-refractivity contribution in [2.75, 3.05) is 0 Å². The van der Waals surface area contributed by atoms with Crippen molar-refractivity contribution in [1.82, 2.24) is 5.32 Å². The Kier molecular flexibility index (Phi) is 6.29. The number of aliphatic hydroxyl groups is 1. The van der Waals surface area contributed by atoms with Gasteiger partial charge in [0.2, 0.25) is 5.12 Å². The third-order valence-corrected chi connectivity index (χ3v) is 5.05. The van der Waals surface area contributed by atoms with Crippen LogP contribution in [-0.4, -0.2) is 39.3 Å². The maximum Gasteiger partial charge on any atom is 0.407 e. The number of alkyl carbamates (subject to hydrolysis) is 1. The van der Waals surface area contributed by atoms with Gasteiger partial charge in [0.15, 0.2) is 0 Å². The number of benzene rings is 1. The highest BCUT2D eigenvalue weighted by molar-refractivity contribution is 8.14. The van der Waals surface area contributed by atoms with Gasteiger partial charge in [-0.1, -0.05) is 42.1 Å². The molecule has 6 heteroatoms.